The van der Waals surface area contributed by atoms with Crippen LogP contribution in [0.1, 0.15) is 54.5 Å². The van der Waals surface area contributed by atoms with Gasteiger partial charge < -0.3 is 19.1 Å². The number of nitrogens with zero attached hydrogens (tertiary/aromatic N) is 7. The van der Waals surface area contributed by atoms with Gasteiger partial charge in [0, 0.05) is 18.5 Å². The van der Waals surface area contributed by atoms with Crippen molar-refractivity contribution < 1.29 is 39.4 Å². The normalized spacial score (nSPS) is 11.2. The summed E-state index contributed by atoms with van der Waals surface area (Å²) >= 11 is 6.17. The van der Waals surface area contributed by atoms with Crippen LogP contribution in [0, 0.1) is 0 Å². The number of aromatic carboxylic acids is 1. The van der Waals surface area contributed by atoms with E-state index in [4.69, 9.17) is 31.5 Å². The van der Waals surface area contributed by atoms with E-state index in [2.05, 4.69) is 32.2 Å². The molecule has 0 atom stereocenters. The van der Waals surface area contributed by atoms with Crippen LogP contribution in [0.2, 0.25) is 5.15 Å². The first-order valence-corrected chi connectivity index (χ1v) is 14.2. The fourth-order valence-corrected chi connectivity index (χ4v) is 4.61. The van der Waals surface area contributed by atoms with Gasteiger partial charge >= 0.3 is 12.1 Å². The lowest BCUT2D eigenvalue weighted by atomic mass is 9.98. The van der Waals surface area contributed by atoms with Crippen LogP contribution in [0.5, 0.6) is 0 Å². The Morgan fingerprint density at radius 3 is 2.41 bits per heavy atom. The van der Waals surface area contributed by atoms with Crippen molar-refractivity contribution in [3.05, 3.63) is 70.8 Å². The summed E-state index contributed by atoms with van der Waals surface area (Å²) in [5, 5.41) is 38.6. The molecule has 0 saturated heterocycles. The Hall–Kier alpha value is -4.41. The van der Waals surface area contributed by atoms with Gasteiger partial charge in [0.25, 0.3) is 0 Å². The molecule has 0 bridgehead atoms. The topological polar surface area (TPSA) is 187 Å². The molecule has 4 rings (SSSR count). The summed E-state index contributed by atoms with van der Waals surface area (Å²) in [7, 11) is 0. The van der Waals surface area contributed by atoms with Gasteiger partial charge in [-0.3, -0.25) is 15.3 Å². The molecule has 4 aromatic rings. The highest BCUT2D eigenvalue weighted by molar-refractivity contribution is 6.32. The second-order valence-corrected chi connectivity index (χ2v) is 9.91. The maximum atomic E-state index is 11.9. The van der Waals surface area contributed by atoms with Gasteiger partial charge in [0.2, 0.25) is 12.6 Å². The smallest absolute Gasteiger partial charge is 0.476 e. The van der Waals surface area contributed by atoms with Crippen molar-refractivity contribution in [2.75, 3.05) is 13.2 Å². The number of tetrazole rings is 1. The predicted molar refractivity (Wildman–Crippen MR) is 154 cm³/mol. The summed E-state index contributed by atoms with van der Waals surface area (Å²) in [5.41, 5.74) is 3.28. The Morgan fingerprint density at radius 1 is 0.977 bits per heavy atom. The van der Waals surface area contributed by atoms with Crippen LogP contribution in [-0.2, 0) is 34.0 Å². The molecule has 0 aliphatic carbocycles. The average Bonchev–Trinajstić information content (AvgIpc) is 3.61. The second kappa shape index (κ2) is 15.9. The number of carboxylic acid groups (broad SMARTS) is 1. The van der Waals surface area contributed by atoms with Gasteiger partial charge in [-0.05, 0) is 41.2 Å². The minimum Gasteiger partial charge on any atom is -0.476 e. The van der Waals surface area contributed by atoms with Crippen molar-refractivity contribution in [2.24, 2.45) is 0 Å². The average molecular weight is 630 g/mol. The molecule has 3 N–H and O–H groups in total. The van der Waals surface area contributed by atoms with Crippen molar-refractivity contribution in [1.29, 1.82) is 0 Å². The Bertz CT molecular complexity index is 1540. The monoisotopic (exact) mass is 629 g/mol. The fourth-order valence-electron chi connectivity index (χ4n) is 4.33. The molecule has 16 heteroatoms. The molecule has 2 aromatic heterocycles. The standard InChI is InChI=1S/C28H32ClN7O8/c1-2-3-10-23-30-25(29)24(27(37)38)34(23)17-19-11-13-20(14-12-19)21-8-4-5-9-22(21)26-31-33-35(32-26)18-43-28(39)42-15-6-7-16-44-36(40)41/h4-5,8-9,11-14,40-41H,2-3,6-7,10,15-18H2,1H3,(H,37,38). The minimum absolute atomic E-state index is 0.0151. The van der Waals surface area contributed by atoms with Crippen LogP contribution < -0.4 is 0 Å². The van der Waals surface area contributed by atoms with Gasteiger partial charge in [-0.2, -0.15) is 0 Å². The highest BCUT2D eigenvalue weighted by atomic mass is 35.5. The number of aromatic nitrogens is 6. The summed E-state index contributed by atoms with van der Waals surface area (Å²) in [5.74, 6) is -0.164. The summed E-state index contributed by atoms with van der Waals surface area (Å²) in [6.45, 7) is 2.14. The first-order valence-electron chi connectivity index (χ1n) is 13.8. The predicted octanol–water partition coefficient (Wildman–Crippen LogP) is 4.85. The maximum absolute atomic E-state index is 11.9. The van der Waals surface area contributed by atoms with Crippen molar-refractivity contribution >= 4 is 23.7 Å². The molecule has 0 aliphatic rings. The number of imidazole rings is 1. The van der Waals surface area contributed by atoms with E-state index in [0.29, 0.717) is 43.0 Å². The number of hydrogen-bond donors (Lipinski definition) is 3. The van der Waals surface area contributed by atoms with Crippen LogP contribution >= 0.6 is 11.6 Å². The summed E-state index contributed by atoms with van der Waals surface area (Å²) in [6, 6.07) is 15.2. The third-order valence-electron chi connectivity index (χ3n) is 6.45. The lowest BCUT2D eigenvalue weighted by Gasteiger charge is -2.12. The number of halogens is 1. The van der Waals surface area contributed by atoms with E-state index in [1.165, 1.54) is 0 Å². The largest absolute Gasteiger partial charge is 0.510 e. The molecule has 2 heterocycles. The van der Waals surface area contributed by atoms with Crippen molar-refractivity contribution in [3.8, 4) is 22.5 Å². The first-order chi connectivity index (χ1) is 21.3. The SMILES string of the molecule is CCCCc1nc(Cl)c(C(=O)O)n1Cc1ccc(-c2ccccc2-c2nnn(COC(=O)OCCCCON(O)O)n2)cc1. The molecule has 0 aliphatic heterocycles. The van der Waals surface area contributed by atoms with Crippen molar-refractivity contribution in [3.63, 3.8) is 0 Å². The number of carbonyl (C=O) groups is 2. The highest BCUT2D eigenvalue weighted by Gasteiger charge is 2.21. The fraction of sp³-hybridized carbons (Fsp3) is 0.357. The molecule has 0 radical (unpaired) electrons. The Kier molecular flexibility index (Phi) is 11.7. The summed E-state index contributed by atoms with van der Waals surface area (Å²) < 4.78 is 11.6. The van der Waals surface area contributed by atoms with E-state index >= 15 is 0 Å². The van der Waals surface area contributed by atoms with E-state index in [9.17, 15) is 14.7 Å². The van der Waals surface area contributed by atoms with Crippen LogP contribution in [0.25, 0.3) is 22.5 Å². The van der Waals surface area contributed by atoms with Gasteiger partial charge in [-0.1, -0.05) is 73.5 Å². The zero-order valence-electron chi connectivity index (χ0n) is 23.9. The third kappa shape index (κ3) is 8.81. The molecule has 0 unspecified atom stereocenters. The Balaban J connectivity index is 1.40. The van der Waals surface area contributed by atoms with Crippen LogP contribution in [0.3, 0.4) is 0 Å². The zero-order valence-corrected chi connectivity index (χ0v) is 24.6. The van der Waals surface area contributed by atoms with Gasteiger partial charge in [-0.15, -0.1) is 15.0 Å². The highest BCUT2D eigenvalue weighted by Crippen LogP contribution is 2.30. The second-order valence-electron chi connectivity index (χ2n) is 9.56. The van der Waals surface area contributed by atoms with Crippen molar-refractivity contribution in [2.45, 2.75) is 52.3 Å². The molecular weight excluding hydrogens is 598 g/mol. The number of benzene rings is 2. The molecule has 2 aromatic carbocycles. The molecule has 0 fully saturated rings. The third-order valence-corrected chi connectivity index (χ3v) is 6.71. The quantitative estimate of drug-likeness (QED) is 0.0867. The maximum Gasteiger partial charge on any atom is 0.510 e. The van der Waals surface area contributed by atoms with Gasteiger partial charge in [0.1, 0.15) is 5.82 Å². The van der Waals surface area contributed by atoms with E-state index in [1.54, 1.807) is 4.57 Å². The van der Waals surface area contributed by atoms with Gasteiger partial charge in [0.05, 0.1) is 18.6 Å². The van der Waals surface area contributed by atoms with Crippen LogP contribution in [0.4, 0.5) is 4.79 Å². The number of carbonyl (C=O) groups excluding carboxylic acids is 1. The molecule has 0 saturated carbocycles. The molecule has 15 nitrogen and oxygen atoms in total. The number of unbranched alkanes of at least 4 members (excludes halogenated alkanes) is 2. The van der Waals surface area contributed by atoms with E-state index in [1.807, 2.05) is 48.5 Å². The van der Waals surface area contributed by atoms with Crippen LogP contribution in [-0.4, -0.2) is 76.0 Å². The summed E-state index contributed by atoms with van der Waals surface area (Å²) in [4.78, 5) is 33.5. The molecule has 0 spiro atoms. The Labute approximate surface area is 257 Å². The Morgan fingerprint density at radius 2 is 1.70 bits per heavy atom. The lowest BCUT2D eigenvalue weighted by Crippen LogP contribution is -2.16. The van der Waals surface area contributed by atoms with Crippen LogP contribution in [0.15, 0.2) is 48.5 Å². The number of ether oxygens (including phenoxy) is 2. The van der Waals surface area contributed by atoms with E-state index in [0.717, 1.165) is 34.3 Å². The van der Waals surface area contributed by atoms with E-state index in [-0.39, 0.29) is 36.2 Å². The number of aryl methyl sites for hydroxylation is 1. The lowest BCUT2D eigenvalue weighted by molar-refractivity contribution is -0.492. The van der Waals surface area contributed by atoms with Gasteiger partial charge in [-0.25, -0.2) is 14.6 Å². The number of rotatable bonds is 16. The zero-order chi connectivity index (χ0) is 31.5. The van der Waals surface area contributed by atoms with Crippen molar-refractivity contribution in [1.82, 2.24) is 35.1 Å². The van der Waals surface area contributed by atoms with E-state index < -0.39 is 12.1 Å². The van der Waals surface area contributed by atoms with Gasteiger partial charge in [0.15, 0.2) is 10.8 Å². The number of hydrogen-bond acceptors (Lipinski definition) is 12. The summed E-state index contributed by atoms with van der Waals surface area (Å²) in [6.07, 6.45) is 2.37. The molecule has 0 amide bonds. The minimum atomic E-state index is -1.12. The molecule has 44 heavy (non-hydrogen) atoms. The number of carboxylic acids is 1. The molecule has 234 valence electrons. The first kappa shape index (κ1) is 32.5. The molecular formula is C28H32ClN7O8.